The minimum atomic E-state index is -0.246. The molecule has 9 heteroatoms. The van der Waals surface area contributed by atoms with E-state index in [1.54, 1.807) is 0 Å². The minimum Gasteiger partial charge on any atom is -0.458 e. The molecule has 0 unspecified atom stereocenters. The van der Waals surface area contributed by atoms with E-state index in [0.29, 0.717) is 0 Å². The predicted molar refractivity (Wildman–Crippen MR) is 322 cm³/mol. The normalized spacial score (nSPS) is 13.7. The fourth-order valence-electron chi connectivity index (χ4n) is 14.9. The van der Waals surface area contributed by atoms with Crippen LogP contribution in [0.2, 0.25) is 0 Å². The molecule has 10 aromatic carbocycles. The second-order valence-electron chi connectivity index (χ2n) is 22.9. The largest absolute Gasteiger partial charge is 0.458 e. The maximum atomic E-state index is 7.33. The van der Waals surface area contributed by atoms with Gasteiger partial charge in [0, 0.05) is 34.4 Å². The molecule has 0 aliphatic carbocycles. The monoisotopic (exact) mass is 1010 g/mol. The van der Waals surface area contributed by atoms with Gasteiger partial charge in [-0.25, -0.2) is 0 Å². The highest BCUT2D eigenvalue weighted by atomic mass is 16.5. The molecular weight excluding hydrogens is 955 g/mol. The zero-order valence-corrected chi connectivity index (χ0v) is 45.1. The molecule has 0 amide bonds. The molecule has 0 aromatic heterocycles. The van der Waals surface area contributed by atoms with Gasteiger partial charge in [0.2, 0.25) is 0 Å². The van der Waals surface area contributed by atoms with Gasteiger partial charge in [-0.1, -0.05) is 102 Å². The summed E-state index contributed by atoms with van der Waals surface area (Å²) in [5.74, 6) is 8.12. The van der Waals surface area contributed by atoms with Crippen molar-refractivity contribution in [1.82, 2.24) is 0 Å². The molecule has 0 bridgehead atoms. The molecule has 16 rings (SSSR count). The van der Waals surface area contributed by atoms with Crippen molar-refractivity contribution in [3.63, 3.8) is 0 Å². The first kappa shape index (κ1) is 45.4. The number of nitrogens with one attached hydrogen (secondary N) is 1. The van der Waals surface area contributed by atoms with E-state index in [1.807, 2.05) is 0 Å². The van der Waals surface area contributed by atoms with Crippen LogP contribution in [-0.4, -0.2) is 20.1 Å². The molecule has 0 saturated heterocycles. The van der Waals surface area contributed by atoms with E-state index in [9.17, 15) is 0 Å². The number of fused-ring (bicyclic) bond motifs is 12. The third-order valence-electron chi connectivity index (χ3n) is 17.5. The van der Waals surface area contributed by atoms with Crippen LogP contribution < -0.4 is 78.2 Å². The quantitative estimate of drug-likeness (QED) is 0.178. The SMILES string of the molecule is Cc1cc(C)c(-c2cc3c4c(c2)Oc2ccccc2B4c2cc4c(cc2N3)Oc2cc(-c3c(C)cc(C)cc3C)cc3c2B4c2cc4c(cc2O3)Oc2cc(-c3c(C)cc(C)cc3C)cc3c2B4c2ccccc2O3)c(C)c1. The molecule has 6 heterocycles. The summed E-state index contributed by atoms with van der Waals surface area (Å²) in [6.45, 7) is 19.2. The van der Waals surface area contributed by atoms with Gasteiger partial charge in [0.25, 0.3) is 20.1 Å². The van der Waals surface area contributed by atoms with Crippen molar-refractivity contribution in [3.05, 3.63) is 196 Å². The van der Waals surface area contributed by atoms with Crippen molar-refractivity contribution in [2.24, 2.45) is 0 Å². The number of ether oxygens (including phenoxy) is 5. The zero-order valence-electron chi connectivity index (χ0n) is 45.1. The number of anilines is 2. The molecule has 0 radical (unpaired) electrons. The Hall–Kier alpha value is -8.81. The van der Waals surface area contributed by atoms with Crippen LogP contribution in [-0.2, 0) is 0 Å². The summed E-state index contributed by atoms with van der Waals surface area (Å²) in [4.78, 5) is 0. The van der Waals surface area contributed by atoms with Gasteiger partial charge in [-0.05, 0) is 216 Å². The highest BCUT2D eigenvalue weighted by Gasteiger charge is 2.48. The summed E-state index contributed by atoms with van der Waals surface area (Å²) in [7, 11) is 0. The van der Waals surface area contributed by atoms with Gasteiger partial charge in [-0.15, -0.1) is 0 Å². The predicted octanol–water partition coefficient (Wildman–Crippen LogP) is 11.6. The summed E-state index contributed by atoms with van der Waals surface area (Å²) in [5.41, 5.74) is 29.8. The van der Waals surface area contributed by atoms with Crippen LogP contribution in [0.4, 0.5) is 11.4 Å². The highest BCUT2D eigenvalue weighted by Crippen LogP contribution is 2.46. The number of rotatable bonds is 3. The zero-order chi connectivity index (χ0) is 52.7. The average Bonchev–Trinajstić information content (AvgIpc) is 3.48. The number of hydrogen-bond acceptors (Lipinski definition) is 6. The lowest BCUT2D eigenvalue weighted by atomic mass is 9.30. The topological polar surface area (TPSA) is 58.2 Å². The molecule has 1 N–H and O–H groups in total. The Kier molecular flexibility index (Phi) is 9.38. The molecule has 0 fully saturated rings. The molecule has 0 saturated carbocycles. The Morgan fingerprint density at radius 3 is 1.04 bits per heavy atom. The number of hydrogen-bond donors (Lipinski definition) is 1. The summed E-state index contributed by atoms with van der Waals surface area (Å²) in [5, 5.41) is 3.97. The van der Waals surface area contributed by atoms with E-state index in [4.69, 9.17) is 23.7 Å². The first-order valence-electron chi connectivity index (χ1n) is 27.3. The summed E-state index contributed by atoms with van der Waals surface area (Å²) >= 11 is 0. The van der Waals surface area contributed by atoms with Crippen LogP contribution in [0.3, 0.4) is 0 Å². The average molecular weight is 1010 g/mol. The fourth-order valence-corrected chi connectivity index (χ4v) is 14.9. The van der Waals surface area contributed by atoms with Gasteiger partial charge >= 0.3 is 0 Å². The van der Waals surface area contributed by atoms with Gasteiger partial charge in [-0.3, -0.25) is 0 Å². The lowest BCUT2D eigenvalue weighted by Gasteiger charge is -2.38. The molecule has 0 atom stereocenters. The Morgan fingerprint density at radius 2 is 0.603 bits per heavy atom. The Bertz CT molecular complexity index is 4110. The van der Waals surface area contributed by atoms with Crippen molar-refractivity contribution >= 4 is 80.7 Å². The van der Waals surface area contributed by atoms with Gasteiger partial charge in [0.05, 0.1) is 0 Å². The molecule has 6 nitrogen and oxygen atoms in total. The third-order valence-corrected chi connectivity index (χ3v) is 17.5. The van der Waals surface area contributed by atoms with Crippen LogP contribution >= 0.6 is 0 Å². The molecule has 6 aliphatic heterocycles. The lowest BCUT2D eigenvalue weighted by Crippen LogP contribution is -2.63. The fraction of sp³-hybridized carbons (Fsp3) is 0.130. The van der Waals surface area contributed by atoms with Crippen molar-refractivity contribution in [2.75, 3.05) is 5.32 Å². The highest BCUT2D eigenvalue weighted by molar-refractivity contribution is 7.02. The molecule has 0 spiro atoms. The number of aryl methyl sites for hydroxylation is 9. The van der Waals surface area contributed by atoms with E-state index in [2.05, 4.69) is 213 Å². The van der Waals surface area contributed by atoms with Gasteiger partial charge in [-0.2, -0.15) is 0 Å². The van der Waals surface area contributed by atoms with Crippen molar-refractivity contribution in [2.45, 2.75) is 62.3 Å². The Balaban J connectivity index is 0.913. The van der Waals surface area contributed by atoms with E-state index >= 15 is 0 Å². The molecule has 372 valence electrons. The Morgan fingerprint density at radius 1 is 0.269 bits per heavy atom. The van der Waals surface area contributed by atoms with Crippen LogP contribution in [0.25, 0.3) is 33.4 Å². The van der Waals surface area contributed by atoms with Crippen molar-refractivity contribution < 1.29 is 23.7 Å². The van der Waals surface area contributed by atoms with Crippen LogP contribution in [0.5, 0.6) is 57.5 Å². The maximum Gasteiger partial charge on any atom is 0.260 e. The smallest absolute Gasteiger partial charge is 0.260 e. The standard InChI is InChI=1S/C69H52B3NO5/c1-34-18-37(4)64(38(5)19-34)43-24-53-67-59(25-43)74-54-16-12-10-14-46(54)70(67)48-30-49-56(32-52(48)73-53)76-62-28-45(66-41(8)22-36(3)23-42(66)9)29-63-69(62)72(49)51-31-50-57(33-58(51)78-63)77-61-27-44(65-39(6)20-35(2)21-40(65)7)26-60-68(61)71(50)47-15-11-13-17-55(47)75-60/h10-33,73H,1-9H3. The van der Waals surface area contributed by atoms with E-state index < -0.39 is 0 Å². The molecular formula is C69H52B3NO5. The Labute approximate surface area is 456 Å². The van der Waals surface area contributed by atoms with Crippen LogP contribution in [0, 0.1) is 62.3 Å². The van der Waals surface area contributed by atoms with Gasteiger partial charge in [0.1, 0.15) is 57.5 Å². The van der Waals surface area contributed by atoms with E-state index in [1.165, 1.54) is 72.2 Å². The lowest BCUT2D eigenvalue weighted by molar-refractivity contribution is 0.452. The van der Waals surface area contributed by atoms with Gasteiger partial charge < -0.3 is 29.0 Å². The molecule has 78 heavy (non-hydrogen) atoms. The first-order valence-corrected chi connectivity index (χ1v) is 27.3. The summed E-state index contributed by atoms with van der Waals surface area (Å²) < 4.78 is 35.7. The van der Waals surface area contributed by atoms with E-state index in [-0.39, 0.29) is 20.1 Å². The van der Waals surface area contributed by atoms with Crippen LogP contribution in [0.1, 0.15) is 50.1 Å². The molecule has 10 aromatic rings. The van der Waals surface area contributed by atoms with Gasteiger partial charge in [0.15, 0.2) is 0 Å². The molecule has 6 aliphatic rings. The maximum absolute atomic E-state index is 7.33. The number of para-hydroxylation sites is 2. The van der Waals surface area contributed by atoms with E-state index in [0.717, 1.165) is 129 Å². The first-order chi connectivity index (χ1) is 37.8. The second kappa shape index (κ2) is 16.1. The second-order valence-corrected chi connectivity index (χ2v) is 22.9. The van der Waals surface area contributed by atoms with Crippen LogP contribution in [0.15, 0.2) is 146 Å². The summed E-state index contributed by atoms with van der Waals surface area (Å²) in [6.07, 6.45) is 0. The minimum absolute atomic E-state index is 0.103. The van der Waals surface area contributed by atoms with Crippen molar-refractivity contribution in [1.29, 1.82) is 0 Å². The van der Waals surface area contributed by atoms with Crippen molar-refractivity contribution in [3.8, 4) is 90.9 Å². The number of benzene rings is 10. The summed E-state index contributed by atoms with van der Waals surface area (Å²) in [6, 6.07) is 53.3. The third kappa shape index (κ3) is 6.48.